The van der Waals surface area contributed by atoms with Crippen LogP contribution in [0.25, 0.3) is 0 Å². The van der Waals surface area contributed by atoms with Crippen LogP contribution in [-0.2, 0) is 4.74 Å². The summed E-state index contributed by atoms with van der Waals surface area (Å²) in [6, 6.07) is 16.9. The van der Waals surface area contributed by atoms with Gasteiger partial charge in [-0.25, -0.2) is 4.79 Å². The number of aromatic carboxylic acids is 1. The van der Waals surface area contributed by atoms with Crippen LogP contribution in [0.5, 0.6) is 0 Å². The fourth-order valence-electron chi connectivity index (χ4n) is 2.21. The first-order valence-electron chi connectivity index (χ1n) is 6.10. The molecule has 0 amide bonds. The molecule has 3 heteroatoms. The molecule has 2 aromatic carbocycles. The first kappa shape index (κ1) is 13.3. The van der Waals surface area contributed by atoms with E-state index < -0.39 is 5.97 Å². The van der Waals surface area contributed by atoms with E-state index in [2.05, 4.69) is 0 Å². The van der Waals surface area contributed by atoms with Crippen molar-refractivity contribution < 1.29 is 14.6 Å². The monoisotopic (exact) mass is 256 g/mol. The second-order valence-corrected chi connectivity index (χ2v) is 4.31. The summed E-state index contributed by atoms with van der Waals surface area (Å²) in [5, 5.41) is 9.29. The quantitative estimate of drug-likeness (QED) is 0.893. The predicted octanol–water partition coefficient (Wildman–Crippen LogP) is 3.16. The summed E-state index contributed by atoms with van der Waals surface area (Å²) in [7, 11) is 1.62. The molecule has 1 N–H and O–H groups in total. The average molecular weight is 256 g/mol. The number of ether oxygens (including phenoxy) is 1. The van der Waals surface area contributed by atoms with Crippen LogP contribution < -0.4 is 0 Å². The summed E-state index contributed by atoms with van der Waals surface area (Å²) in [6.07, 6.45) is 0. The molecule has 0 aliphatic heterocycles. The minimum absolute atomic E-state index is 0.0708. The highest BCUT2D eigenvalue weighted by Gasteiger charge is 2.19. The topological polar surface area (TPSA) is 46.5 Å². The molecule has 1 atom stereocenters. The molecular formula is C16H16O3. The molecule has 0 saturated carbocycles. The number of carboxylic acid groups (broad SMARTS) is 1. The molecule has 0 fully saturated rings. The highest BCUT2D eigenvalue weighted by atomic mass is 16.5. The molecule has 0 spiro atoms. The smallest absolute Gasteiger partial charge is 0.335 e. The Balaban J connectivity index is 2.48. The molecule has 0 saturated heterocycles. The second kappa shape index (κ2) is 6.16. The van der Waals surface area contributed by atoms with E-state index in [1.165, 1.54) is 0 Å². The maximum atomic E-state index is 11.3. The van der Waals surface area contributed by atoms with E-state index in [1.54, 1.807) is 19.2 Å². The van der Waals surface area contributed by atoms with Gasteiger partial charge in [-0.2, -0.15) is 0 Å². The first-order valence-corrected chi connectivity index (χ1v) is 6.10. The number of hydrogen-bond acceptors (Lipinski definition) is 2. The van der Waals surface area contributed by atoms with Gasteiger partial charge in [-0.15, -0.1) is 0 Å². The number of carbonyl (C=O) groups is 1. The van der Waals surface area contributed by atoms with Crippen LogP contribution in [-0.4, -0.2) is 24.8 Å². The number of carboxylic acids is 1. The third-order valence-corrected chi connectivity index (χ3v) is 3.10. The normalized spacial score (nSPS) is 12.1. The fourth-order valence-corrected chi connectivity index (χ4v) is 2.21. The van der Waals surface area contributed by atoms with E-state index in [4.69, 9.17) is 4.74 Å². The van der Waals surface area contributed by atoms with E-state index in [1.807, 2.05) is 42.5 Å². The Hall–Kier alpha value is -2.13. The Morgan fingerprint density at radius 3 is 2.37 bits per heavy atom. The zero-order chi connectivity index (χ0) is 13.7. The third kappa shape index (κ3) is 3.01. The van der Waals surface area contributed by atoms with Gasteiger partial charge in [0.1, 0.15) is 0 Å². The van der Waals surface area contributed by atoms with Crippen LogP contribution in [0.3, 0.4) is 0 Å². The maximum Gasteiger partial charge on any atom is 0.335 e. The SMILES string of the molecule is COCC(c1ccccc1)c1ccccc1C(=O)O. The van der Waals surface area contributed by atoms with E-state index >= 15 is 0 Å². The lowest BCUT2D eigenvalue weighted by atomic mass is 9.89. The predicted molar refractivity (Wildman–Crippen MR) is 73.6 cm³/mol. The molecule has 0 bridgehead atoms. The molecule has 2 rings (SSSR count). The van der Waals surface area contributed by atoms with Crippen molar-refractivity contribution >= 4 is 5.97 Å². The Kier molecular flexibility index (Phi) is 4.31. The van der Waals surface area contributed by atoms with Crippen LogP contribution >= 0.6 is 0 Å². The number of rotatable bonds is 5. The minimum Gasteiger partial charge on any atom is -0.478 e. The van der Waals surface area contributed by atoms with Crippen molar-refractivity contribution in [3.8, 4) is 0 Å². The van der Waals surface area contributed by atoms with Crippen LogP contribution in [0.2, 0.25) is 0 Å². The van der Waals surface area contributed by atoms with E-state index in [9.17, 15) is 9.90 Å². The summed E-state index contributed by atoms with van der Waals surface area (Å²) >= 11 is 0. The zero-order valence-electron chi connectivity index (χ0n) is 10.7. The van der Waals surface area contributed by atoms with E-state index in [0.717, 1.165) is 11.1 Å². The third-order valence-electron chi connectivity index (χ3n) is 3.10. The average Bonchev–Trinajstić information content (AvgIpc) is 2.45. The van der Waals surface area contributed by atoms with Crippen molar-refractivity contribution in [2.45, 2.75) is 5.92 Å². The van der Waals surface area contributed by atoms with Crippen molar-refractivity contribution in [3.63, 3.8) is 0 Å². The van der Waals surface area contributed by atoms with Gasteiger partial charge in [0.05, 0.1) is 12.2 Å². The van der Waals surface area contributed by atoms with Crippen LogP contribution in [0, 0.1) is 0 Å². The van der Waals surface area contributed by atoms with E-state index in [0.29, 0.717) is 12.2 Å². The highest BCUT2D eigenvalue weighted by Crippen LogP contribution is 2.27. The Labute approximate surface area is 112 Å². The van der Waals surface area contributed by atoms with Gasteiger partial charge in [-0.1, -0.05) is 48.5 Å². The molecule has 3 nitrogen and oxygen atoms in total. The Morgan fingerprint density at radius 2 is 1.74 bits per heavy atom. The van der Waals surface area contributed by atoms with Crippen LogP contribution in [0.1, 0.15) is 27.4 Å². The van der Waals surface area contributed by atoms with Gasteiger partial charge in [0.2, 0.25) is 0 Å². The van der Waals surface area contributed by atoms with Gasteiger partial charge >= 0.3 is 5.97 Å². The fraction of sp³-hybridized carbons (Fsp3) is 0.188. The van der Waals surface area contributed by atoms with Crippen molar-refractivity contribution in [3.05, 3.63) is 71.3 Å². The highest BCUT2D eigenvalue weighted by molar-refractivity contribution is 5.89. The van der Waals surface area contributed by atoms with Crippen molar-refractivity contribution in [1.82, 2.24) is 0 Å². The lowest BCUT2D eigenvalue weighted by molar-refractivity contribution is 0.0694. The van der Waals surface area contributed by atoms with Crippen LogP contribution in [0.15, 0.2) is 54.6 Å². The molecule has 0 aliphatic rings. The molecule has 0 aromatic heterocycles. The minimum atomic E-state index is -0.910. The van der Waals surface area contributed by atoms with Gasteiger partial charge in [-0.3, -0.25) is 0 Å². The van der Waals surface area contributed by atoms with Gasteiger partial charge < -0.3 is 9.84 Å². The van der Waals surface area contributed by atoms with E-state index in [-0.39, 0.29) is 5.92 Å². The second-order valence-electron chi connectivity index (χ2n) is 4.31. The van der Waals surface area contributed by atoms with Gasteiger partial charge in [0, 0.05) is 13.0 Å². The summed E-state index contributed by atoms with van der Waals surface area (Å²) in [4.78, 5) is 11.3. The summed E-state index contributed by atoms with van der Waals surface area (Å²) < 4.78 is 5.25. The summed E-state index contributed by atoms with van der Waals surface area (Å²) in [5.41, 5.74) is 2.16. The van der Waals surface area contributed by atoms with Gasteiger partial charge in [0.25, 0.3) is 0 Å². The molecule has 0 aliphatic carbocycles. The molecule has 0 radical (unpaired) electrons. The lowest BCUT2D eigenvalue weighted by Gasteiger charge is -2.19. The molecule has 1 unspecified atom stereocenters. The number of methoxy groups -OCH3 is 1. The molecule has 98 valence electrons. The summed E-state index contributed by atoms with van der Waals surface area (Å²) in [6.45, 7) is 0.453. The molecule has 2 aromatic rings. The van der Waals surface area contributed by atoms with Gasteiger partial charge in [-0.05, 0) is 17.2 Å². The molecular weight excluding hydrogens is 240 g/mol. The summed E-state index contributed by atoms with van der Waals surface area (Å²) in [5.74, 6) is -0.980. The van der Waals surface area contributed by atoms with Gasteiger partial charge in [0.15, 0.2) is 0 Å². The number of hydrogen-bond donors (Lipinski definition) is 1. The number of benzene rings is 2. The zero-order valence-corrected chi connectivity index (χ0v) is 10.7. The molecule has 19 heavy (non-hydrogen) atoms. The first-order chi connectivity index (χ1) is 9.24. The largest absolute Gasteiger partial charge is 0.478 e. The van der Waals surface area contributed by atoms with Crippen molar-refractivity contribution in [1.29, 1.82) is 0 Å². The Bertz CT molecular complexity index is 549. The Morgan fingerprint density at radius 1 is 1.11 bits per heavy atom. The van der Waals surface area contributed by atoms with Crippen molar-refractivity contribution in [2.75, 3.05) is 13.7 Å². The van der Waals surface area contributed by atoms with Crippen molar-refractivity contribution in [2.24, 2.45) is 0 Å². The standard InChI is InChI=1S/C16H16O3/c1-19-11-15(12-7-3-2-4-8-12)13-9-5-6-10-14(13)16(17)18/h2-10,15H,11H2,1H3,(H,17,18). The molecule has 0 heterocycles. The van der Waals surface area contributed by atoms with Crippen LogP contribution in [0.4, 0.5) is 0 Å². The lowest BCUT2D eigenvalue weighted by Crippen LogP contribution is -2.13. The maximum absolute atomic E-state index is 11.3.